The van der Waals surface area contributed by atoms with Gasteiger partial charge in [-0.05, 0) is 13.3 Å². The summed E-state index contributed by atoms with van der Waals surface area (Å²) in [5, 5.41) is 0. The van der Waals surface area contributed by atoms with Crippen LogP contribution >= 0.6 is 0 Å². The fraction of sp³-hybridized carbons (Fsp3) is 0.600. The van der Waals surface area contributed by atoms with Crippen LogP contribution in [0.1, 0.15) is 26.7 Å². The molecule has 0 aromatic carbocycles. The smallest absolute Gasteiger partial charge is 0.333 e. The Balaban J connectivity index is 2.53. The Morgan fingerprint density at radius 2 is 2.25 bits per heavy atom. The van der Waals surface area contributed by atoms with Gasteiger partial charge in [0.1, 0.15) is 18.9 Å². The Morgan fingerprint density at radius 1 is 1.50 bits per heavy atom. The van der Waals surface area contributed by atoms with E-state index in [4.69, 9.17) is 9.47 Å². The molecule has 1 heterocycles. The number of rotatable bonds is 9. The highest BCUT2D eigenvalue weighted by Crippen LogP contribution is 2.04. The number of esters is 1. The third-order valence-corrected chi connectivity index (χ3v) is 2.81. The quantitative estimate of drug-likeness (QED) is 0.299. The highest BCUT2D eigenvalue weighted by molar-refractivity contribution is 5.87. The average molecular weight is 281 g/mol. The summed E-state index contributed by atoms with van der Waals surface area (Å²) in [7, 11) is 1.95. The molecular formula is C15H25N2O3+. The number of ether oxygens (including phenoxy) is 2. The molecular weight excluding hydrogens is 256 g/mol. The van der Waals surface area contributed by atoms with Crippen molar-refractivity contribution in [1.82, 2.24) is 4.57 Å². The summed E-state index contributed by atoms with van der Waals surface area (Å²) in [6, 6.07) is 0. The first kappa shape index (κ1) is 16.4. The molecule has 5 heteroatoms. The number of unbranched alkanes of at least 4 members (excludes halogenated alkanes) is 1. The molecule has 0 amide bonds. The van der Waals surface area contributed by atoms with Crippen LogP contribution in [0.5, 0.6) is 0 Å². The Labute approximate surface area is 120 Å². The summed E-state index contributed by atoms with van der Waals surface area (Å²) in [6.45, 7) is 9.03. The molecule has 0 aliphatic rings. The lowest BCUT2D eigenvalue weighted by Crippen LogP contribution is -2.30. The molecule has 0 saturated carbocycles. The zero-order valence-electron chi connectivity index (χ0n) is 12.7. The number of carbonyl (C=O) groups excluding carboxylic acids is 1. The first-order chi connectivity index (χ1) is 9.52. The van der Waals surface area contributed by atoms with Gasteiger partial charge >= 0.3 is 5.97 Å². The van der Waals surface area contributed by atoms with Gasteiger partial charge in [0.15, 0.2) is 6.10 Å². The molecule has 20 heavy (non-hydrogen) atoms. The van der Waals surface area contributed by atoms with Crippen molar-refractivity contribution in [3.8, 4) is 0 Å². The van der Waals surface area contributed by atoms with E-state index < -0.39 is 0 Å². The van der Waals surface area contributed by atoms with Gasteiger partial charge in [0.2, 0.25) is 6.33 Å². The van der Waals surface area contributed by atoms with Crippen molar-refractivity contribution in [1.29, 1.82) is 0 Å². The monoisotopic (exact) mass is 281 g/mol. The van der Waals surface area contributed by atoms with E-state index >= 15 is 0 Å². The summed E-state index contributed by atoms with van der Waals surface area (Å²) in [5.41, 5.74) is 0.404. The molecule has 0 saturated heterocycles. The van der Waals surface area contributed by atoms with Gasteiger partial charge in [0.25, 0.3) is 0 Å². The third kappa shape index (κ3) is 6.02. The number of imidazole rings is 1. The molecule has 0 aliphatic carbocycles. The fourth-order valence-corrected chi connectivity index (χ4v) is 1.68. The molecule has 1 aromatic heterocycles. The van der Waals surface area contributed by atoms with Gasteiger partial charge in [-0.1, -0.05) is 19.9 Å². The molecule has 1 rings (SSSR count). The number of carbonyl (C=O) groups is 1. The normalized spacial score (nSPS) is 12.2. The molecule has 5 nitrogen and oxygen atoms in total. The lowest BCUT2D eigenvalue weighted by atomic mass is 10.3. The Hall–Kier alpha value is -1.62. The van der Waals surface area contributed by atoms with E-state index in [1.807, 2.05) is 34.9 Å². The van der Waals surface area contributed by atoms with Crippen LogP contribution in [0.3, 0.4) is 0 Å². The van der Waals surface area contributed by atoms with Crippen LogP contribution in [-0.4, -0.2) is 29.9 Å². The van der Waals surface area contributed by atoms with Gasteiger partial charge in [0.05, 0.1) is 13.7 Å². The summed E-state index contributed by atoms with van der Waals surface area (Å²) in [6.07, 6.45) is 7.61. The minimum atomic E-state index is -0.370. The van der Waals surface area contributed by atoms with Gasteiger partial charge in [-0.15, -0.1) is 0 Å². The number of nitrogens with zero attached hydrogens (tertiary/aromatic N) is 2. The number of hydrogen-bond donors (Lipinski definition) is 0. The SMILES string of the molecule is C=C(C)C(=O)OC(COCCCC)Cn1cc[n+](C)c1. The second kappa shape index (κ2) is 8.53. The zero-order chi connectivity index (χ0) is 15.0. The Bertz CT molecular complexity index is 440. The maximum absolute atomic E-state index is 11.6. The standard InChI is InChI=1S/C15H25N2O3/c1-5-6-9-19-11-14(20-15(18)13(2)3)10-17-8-7-16(4)12-17/h7-8,12,14H,2,5-6,9-11H2,1,3-4H3/q+1. The summed E-state index contributed by atoms with van der Waals surface area (Å²) in [5.74, 6) is -0.370. The van der Waals surface area contributed by atoms with Gasteiger partial charge < -0.3 is 9.47 Å². The maximum atomic E-state index is 11.6. The number of aromatic nitrogens is 2. The van der Waals surface area contributed by atoms with E-state index in [1.54, 1.807) is 6.92 Å². The van der Waals surface area contributed by atoms with E-state index in [0.29, 0.717) is 25.3 Å². The van der Waals surface area contributed by atoms with E-state index in [-0.39, 0.29) is 12.1 Å². The minimum absolute atomic E-state index is 0.302. The van der Waals surface area contributed by atoms with E-state index in [9.17, 15) is 4.79 Å². The lowest BCUT2D eigenvalue weighted by Gasteiger charge is -2.16. The van der Waals surface area contributed by atoms with Gasteiger partial charge in [-0.3, -0.25) is 0 Å². The van der Waals surface area contributed by atoms with Crippen molar-refractivity contribution in [2.45, 2.75) is 39.3 Å². The van der Waals surface area contributed by atoms with Gasteiger partial charge in [-0.2, -0.15) is 0 Å². The first-order valence-electron chi connectivity index (χ1n) is 6.98. The van der Waals surface area contributed by atoms with Crippen LogP contribution in [0.2, 0.25) is 0 Å². The summed E-state index contributed by atoms with van der Waals surface area (Å²) in [4.78, 5) is 11.6. The highest BCUT2D eigenvalue weighted by atomic mass is 16.6. The van der Waals surface area contributed by atoms with Crippen LogP contribution in [0.15, 0.2) is 30.9 Å². The molecule has 1 atom stereocenters. The van der Waals surface area contributed by atoms with Crippen LogP contribution in [0.4, 0.5) is 0 Å². The highest BCUT2D eigenvalue weighted by Gasteiger charge is 2.18. The van der Waals surface area contributed by atoms with Gasteiger partial charge in [-0.25, -0.2) is 13.9 Å². The molecule has 1 unspecified atom stereocenters. The van der Waals surface area contributed by atoms with Crippen LogP contribution < -0.4 is 4.57 Å². The van der Waals surface area contributed by atoms with Crippen molar-refractivity contribution >= 4 is 5.97 Å². The van der Waals surface area contributed by atoms with Gasteiger partial charge in [0, 0.05) is 12.2 Å². The largest absolute Gasteiger partial charge is 0.452 e. The van der Waals surface area contributed by atoms with E-state index in [2.05, 4.69) is 13.5 Å². The average Bonchev–Trinajstić information content (AvgIpc) is 2.79. The minimum Gasteiger partial charge on any atom is -0.452 e. The van der Waals surface area contributed by atoms with Crippen molar-refractivity contribution in [2.75, 3.05) is 13.2 Å². The van der Waals surface area contributed by atoms with Crippen molar-refractivity contribution < 1.29 is 18.8 Å². The molecule has 0 N–H and O–H groups in total. The number of hydrogen-bond acceptors (Lipinski definition) is 3. The fourth-order valence-electron chi connectivity index (χ4n) is 1.68. The second-order valence-corrected chi connectivity index (χ2v) is 5.01. The van der Waals surface area contributed by atoms with Crippen LogP contribution in [-0.2, 0) is 27.9 Å². The molecule has 0 bridgehead atoms. The third-order valence-electron chi connectivity index (χ3n) is 2.81. The van der Waals surface area contributed by atoms with Crippen LogP contribution in [0, 0.1) is 0 Å². The Kier molecular flexibility index (Phi) is 7.01. The molecule has 0 fully saturated rings. The molecule has 1 aromatic rings. The topological polar surface area (TPSA) is 44.3 Å². The molecule has 0 spiro atoms. The lowest BCUT2D eigenvalue weighted by molar-refractivity contribution is -0.671. The predicted molar refractivity (Wildman–Crippen MR) is 76.0 cm³/mol. The first-order valence-corrected chi connectivity index (χ1v) is 6.98. The zero-order valence-corrected chi connectivity index (χ0v) is 12.7. The van der Waals surface area contributed by atoms with Crippen LogP contribution in [0.25, 0.3) is 0 Å². The summed E-state index contributed by atoms with van der Waals surface area (Å²) < 4.78 is 14.9. The van der Waals surface area contributed by atoms with Crippen molar-refractivity contribution in [3.05, 3.63) is 30.9 Å². The van der Waals surface area contributed by atoms with E-state index in [0.717, 1.165) is 12.8 Å². The Morgan fingerprint density at radius 3 is 2.80 bits per heavy atom. The summed E-state index contributed by atoms with van der Waals surface area (Å²) >= 11 is 0. The van der Waals surface area contributed by atoms with Crippen molar-refractivity contribution in [2.24, 2.45) is 7.05 Å². The predicted octanol–water partition coefficient (Wildman–Crippen LogP) is 1.62. The molecule has 112 valence electrons. The van der Waals surface area contributed by atoms with Crippen molar-refractivity contribution in [3.63, 3.8) is 0 Å². The maximum Gasteiger partial charge on any atom is 0.333 e. The molecule has 0 aliphatic heterocycles. The number of aryl methyl sites for hydroxylation is 1. The molecule has 0 radical (unpaired) electrons. The second-order valence-electron chi connectivity index (χ2n) is 5.01. The van der Waals surface area contributed by atoms with E-state index in [1.165, 1.54) is 0 Å².